The lowest BCUT2D eigenvalue weighted by molar-refractivity contribution is -0.170. The van der Waals surface area contributed by atoms with Crippen molar-refractivity contribution in [3.63, 3.8) is 0 Å². The zero-order valence-corrected chi connectivity index (χ0v) is 24.5. The Morgan fingerprint density at radius 3 is 0.780 bits per heavy atom. The lowest BCUT2D eigenvalue weighted by Gasteiger charge is -2.31. The molecule has 12 nitrogen and oxygen atoms in total. The summed E-state index contributed by atoms with van der Waals surface area (Å²) in [7, 11) is 0. The largest absolute Gasteiger partial charge is 0.465 e. The zero-order chi connectivity index (χ0) is 30.6. The van der Waals surface area contributed by atoms with Crippen LogP contribution in [0.1, 0.15) is 103 Å². The van der Waals surface area contributed by atoms with Gasteiger partial charge in [-0.25, -0.2) is 0 Å². The number of hydrogen-bond donors (Lipinski definition) is 4. The summed E-state index contributed by atoms with van der Waals surface area (Å²) in [4.78, 5) is 49.6. The topological polar surface area (TPSA) is 186 Å². The number of aliphatic hydroxyl groups excluding tert-OH is 4. The van der Waals surface area contributed by atoms with Gasteiger partial charge in [0.25, 0.3) is 0 Å². The fourth-order valence-corrected chi connectivity index (χ4v) is 3.70. The first-order valence-corrected chi connectivity index (χ1v) is 14.9. The maximum Gasteiger partial charge on any atom is 0.305 e. The Balaban J connectivity index is 5.47. The smallest absolute Gasteiger partial charge is 0.305 e. The average molecular weight is 593 g/mol. The van der Waals surface area contributed by atoms with Crippen LogP contribution in [0.15, 0.2) is 0 Å². The molecule has 0 radical (unpaired) electrons. The van der Waals surface area contributed by atoms with Crippen molar-refractivity contribution in [3.05, 3.63) is 0 Å². The highest BCUT2D eigenvalue weighted by atomic mass is 16.6. The molecule has 0 atom stereocenters. The summed E-state index contributed by atoms with van der Waals surface area (Å²) in [5.41, 5.74) is -1.33. The summed E-state index contributed by atoms with van der Waals surface area (Å²) in [6.45, 7) is -1.17. The van der Waals surface area contributed by atoms with E-state index in [-0.39, 0.29) is 78.5 Å². The van der Waals surface area contributed by atoms with Crippen molar-refractivity contribution in [3.8, 4) is 0 Å². The third-order valence-corrected chi connectivity index (χ3v) is 6.31. The number of carbonyl (C=O) groups is 4. The van der Waals surface area contributed by atoms with Gasteiger partial charge in [0.05, 0.1) is 0 Å². The predicted molar refractivity (Wildman–Crippen MR) is 148 cm³/mol. The van der Waals surface area contributed by atoms with E-state index in [2.05, 4.69) is 0 Å². The van der Waals surface area contributed by atoms with Crippen LogP contribution in [0.4, 0.5) is 0 Å². The lowest BCUT2D eigenvalue weighted by Crippen LogP contribution is -2.44. The van der Waals surface area contributed by atoms with Crippen LogP contribution >= 0.6 is 0 Å². The summed E-state index contributed by atoms with van der Waals surface area (Å²) in [6, 6.07) is 0. The fraction of sp³-hybridized carbons (Fsp3) is 0.862. The van der Waals surface area contributed by atoms with Crippen molar-refractivity contribution in [2.45, 2.75) is 103 Å². The van der Waals surface area contributed by atoms with Crippen LogP contribution in [-0.2, 0) is 38.1 Å². The normalized spacial score (nSPS) is 11.2. The average Bonchev–Trinajstić information content (AvgIpc) is 2.97. The number of unbranched alkanes of at least 4 members (excludes halogenated alkanes) is 8. The quantitative estimate of drug-likeness (QED) is 0.0591. The van der Waals surface area contributed by atoms with Crippen LogP contribution in [0.2, 0.25) is 0 Å². The molecule has 12 heteroatoms. The van der Waals surface area contributed by atoms with Gasteiger partial charge in [-0.15, -0.1) is 0 Å². The van der Waals surface area contributed by atoms with Gasteiger partial charge in [0.2, 0.25) is 0 Å². The highest BCUT2D eigenvalue weighted by Gasteiger charge is 2.38. The van der Waals surface area contributed by atoms with E-state index >= 15 is 0 Å². The van der Waals surface area contributed by atoms with E-state index in [0.717, 1.165) is 0 Å². The third kappa shape index (κ3) is 23.0. The van der Waals surface area contributed by atoms with Crippen LogP contribution in [-0.4, -0.2) is 97.2 Å². The number of carbonyl (C=O) groups excluding carboxylic acids is 4. The Labute approximate surface area is 243 Å². The second-order valence-electron chi connectivity index (χ2n) is 10.3. The Bertz CT molecular complexity index is 580. The SMILES string of the molecule is O=C(CCCCCO)OCC(COC(=O)CCCCCO)(COC(=O)CCCCCO)COC(=O)CCCCCO. The molecule has 240 valence electrons. The van der Waals surface area contributed by atoms with Gasteiger partial charge in [-0.3, -0.25) is 19.2 Å². The van der Waals surface area contributed by atoms with Gasteiger partial charge in [-0.1, -0.05) is 25.7 Å². The lowest BCUT2D eigenvalue weighted by atomic mass is 9.92. The summed E-state index contributed by atoms with van der Waals surface area (Å²) < 4.78 is 21.9. The van der Waals surface area contributed by atoms with Crippen molar-refractivity contribution in [2.24, 2.45) is 5.41 Å². The first kappa shape index (κ1) is 38.7. The molecular formula is C29H52O12. The van der Waals surface area contributed by atoms with Crippen molar-refractivity contribution in [2.75, 3.05) is 52.9 Å². The molecule has 0 heterocycles. The molecule has 0 saturated heterocycles. The molecule has 41 heavy (non-hydrogen) atoms. The molecule has 0 aliphatic carbocycles. The number of ether oxygens (including phenoxy) is 4. The second-order valence-corrected chi connectivity index (χ2v) is 10.3. The van der Waals surface area contributed by atoms with Gasteiger partial charge in [0.15, 0.2) is 0 Å². The van der Waals surface area contributed by atoms with Crippen LogP contribution < -0.4 is 0 Å². The van der Waals surface area contributed by atoms with E-state index in [4.69, 9.17) is 39.4 Å². The fourth-order valence-electron chi connectivity index (χ4n) is 3.70. The Kier molecular flexibility index (Phi) is 25.1. The molecule has 4 N–H and O–H groups in total. The molecule has 0 spiro atoms. The molecule has 0 aromatic heterocycles. The molecule has 0 fully saturated rings. The Hall–Kier alpha value is -2.28. The van der Waals surface area contributed by atoms with E-state index in [0.29, 0.717) is 77.0 Å². The molecule has 0 aliphatic rings. The van der Waals surface area contributed by atoms with Crippen molar-refractivity contribution < 1.29 is 58.6 Å². The minimum Gasteiger partial charge on any atom is -0.465 e. The number of esters is 4. The highest BCUT2D eigenvalue weighted by Crippen LogP contribution is 2.23. The van der Waals surface area contributed by atoms with Gasteiger partial charge in [0, 0.05) is 52.1 Å². The summed E-state index contributed by atoms with van der Waals surface area (Å²) in [6.07, 6.45) is 7.32. The van der Waals surface area contributed by atoms with Gasteiger partial charge < -0.3 is 39.4 Å². The van der Waals surface area contributed by atoms with E-state index in [1.54, 1.807) is 0 Å². The molecule has 0 aromatic carbocycles. The first-order chi connectivity index (χ1) is 19.8. The van der Waals surface area contributed by atoms with Gasteiger partial charge >= 0.3 is 23.9 Å². The molecule has 0 amide bonds. The molecule has 0 aliphatic heterocycles. The van der Waals surface area contributed by atoms with Crippen molar-refractivity contribution >= 4 is 23.9 Å². The molecule has 0 aromatic rings. The minimum atomic E-state index is -1.33. The maximum absolute atomic E-state index is 12.4. The molecule has 0 saturated carbocycles. The monoisotopic (exact) mass is 592 g/mol. The van der Waals surface area contributed by atoms with E-state index < -0.39 is 29.3 Å². The van der Waals surface area contributed by atoms with Crippen LogP contribution in [0.25, 0.3) is 0 Å². The van der Waals surface area contributed by atoms with Crippen LogP contribution in [0.5, 0.6) is 0 Å². The van der Waals surface area contributed by atoms with E-state index in [1.165, 1.54) is 0 Å². The highest BCUT2D eigenvalue weighted by molar-refractivity contribution is 5.71. The van der Waals surface area contributed by atoms with Crippen molar-refractivity contribution in [1.29, 1.82) is 0 Å². The predicted octanol–water partition coefficient (Wildman–Crippen LogP) is 2.36. The zero-order valence-electron chi connectivity index (χ0n) is 24.5. The minimum absolute atomic E-state index is 0.0280. The molecular weight excluding hydrogens is 540 g/mol. The Morgan fingerprint density at radius 2 is 0.585 bits per heavy atom. The van der Waals surface area contributed by atoms with Gasteiger partial charge in [0.1, 0.15) is 31.8 Å². The third-order valence-electron chi connectivity index (χ3n) is 6.31. The van der Waals surface area contributed by atoms with Crippen LogP contribution in [0, 0.1) is 5.41 Å². The van der Waals surface area contributed by atoms with Gasteiger partial charge in [-0.05, 0) is 51.4 Å². The first-order valence-electron chi connectivity index (χ1n) is 14.9. The standard InChI is InChI=1S/C29H52O12/c30-17-9-1-5-13-25(34)38-21-29(22-39-26(35)14-6-2-10-18-31,23-40-27(36)15-7-3-11-19-32)24-41-28(37)16-8-4-12-20-33/h30-33H,1-24H2. The van der Waals surface area contributed by atoms with Crippen molar-refractivity contribution in [1.82, 2.24) is 0 Å². The molecule has 0 unspecified atom stereocenters. The van der Waals surface area contributed by atoms with E-state index in [9.17, 15) is 19.2 Å². The van der Waals surface area contributed by atoms with Crippen LogP contribution in [0.3, 0.4) is 0 Å². The summed E-state index contributed by atoms with van der Waals surface area (Å²) >= 11 is 0. The molecule has 0 bridgehead atoms. The summed E-state index contributed by atoms with van der Waals surface area (Å²) in [5.74, 6) is -2.08. The maximum atomic E-state index is 12.4. The summed E-state index contributed by atoms with van der Waals surface area (Å²) in [5, 5.41) is 35.7. The second kappa shape index (κ2) is 26.6. The molecule has 0 rings (SSSR count). The number of aliphatic hydroxyl groups is 4. The van der Waals surface area contributed by atoms with Gasteiger partial charge in [-0.2, -0.15) is 0 Å². The van der Waals surface area contributed by atoms with E-state index in [1.807, 2.05) is 0 Å². The number of hydrogen-bond acceptors (Lipinski definition) is 12. The Morgan fingerprint density at radius 1 is 0.366 bits per heavy atom. The number of rotatable bonds is 28.